The summed E-state index contributed by atoms with van der Waals surface area (Å²) >= 11 is 0. The van der Waals surface area contributed by atoms with Crippen molar-refractivity contribution in [3.63, 3.8) is 0 Å². The summed E-state index contributed by atoms with van der Waals surface area (Å²) in [5.74, 6) is 0.153. The minimum absolute atomic E-state index is 0.153. The van der Waals surface area contributed by atoms with Gasteiger partial charge in [0.25, 0.3) is 0 Å². The molecule has 0 saturated carbocycles. The SMILES string of the molecule is CCOn1ncc2c(O)ccc(N)c21. The Morgan fingerprint density at radius 3 is 3.07 bits per heavy atom. The van der Waals surface area contributed by atoms with Crippen LogP contribution in [0, 0.1) is 0 Å². The molecule has 0 fully saturated rings. The van der Waals surface area contributed by atoms with Gasteiger partial charge < -0.3 is 15.7 Å². The largest absolute Gasteiger partial charge is 0.507 e. The number of anilines is 1. The van der Waals surface area contributed by atoms with E-state index >= 15 is 0 Å². The molecule has 0 amide bonds. The number of nitrogens with zero attached hydrogens (tertiary/aromatic N) is 2. The summed E-state index contributed by atoms with van der Waals surface area (Å²) in [6.45, 7) is 2.35. The van der Waals surface area contributed by atoms with Crippen molar-refractivity contribution < 1.29 is 9.94 Å². The monoisotopic (exact) mass is 193 g/mol. The molecule has 1 aromatic carbocycles. The Morgan fingerprint density at radius 2 is 2.36 bits per heavy atom. The highest BCUT2D eigenvalue weighted by Gasteiger charge is 2.10. The summed E-state index contributed by atoms with van der Waals surface area (Å²) in [5, 5.41) is 14.1. The molecule has 0 aliphatic heterocycles. The van der Waals surface area contributed by atoms with Crippen LogP contribution in [0.4, 0.5) is 5.69 Å². The number of rotatable bonds is 2. The molecule has 5 heteroatoms. The van der Waals surface area contributed by atoms with Crippen LogP contribution in [0.25, 0.3) is 10.9 Å². The number of hydrogen-bond acceptors (Lipinski definition) is 4. The van der Waals surface area contributed by atoms with Gasteiger partial charge in [0.05, 0.1) is 17.3 Å². The summed E-state index contributed by atoms with van der Waals surface area (Å²) < 4.78 is 0. The number of nitrogens with two attached hydrogens (primary N) is 1. The van der Waals surface area contributed by atoms with Crippen LogP contribution >= 0.6 is 0 Å². The summed E-state index contributed by atoms with van der Waals surface area (Å²) in [4.78, 5) is 6.53. The maximum atomic E-state index is 9.51. The lowest BCUT2D eigenvalue weighted by Gasteiger charge is -2.05. The fourth-order valence-corrected chi connectivity index (χ4v) is 1.34. The number of benzene rings is 1. The second-order valence-electron chi connectivity index (χ2n) is 2.87. The van der Waals surface area contributed by atoms with Crippen molar-refractivity contribution in [2.24, 2.45) is 0 Å². The van der Waals surface area contributed by atoms with Crippen LogP contribution in [-0.2, 0) is 0 Å². The first-order valence-electron chi connectivity index (χ1n) is 4.32. The van der Waals surface area contributed by atoms with Gasteiger partial charge in [-0.1, -0.05) is 4.85 Å². The molecule has 1 heterocycles. The van der Waals surface area contributed by atoms with E-state index in [0.717, 1.165) is 0 Å². The molecule has 14 heavy (non-hydrogen) atoms. The van der Waals surface area contributed by atoms with Crippen molar-refractivity contribution in [2.45, 2.75) is 6.92 Å². The first-order chi connectivity index (χ1) is 6.74. The zero-order valence-corrected chi connectivity index (χ0v) is 7.77. The average Bonchev–Trinajstić information content (AvgIpc) is 2.58. The van der Waals surface area contributed by atoms with Gasteiger partial charge in [-0.05, 0) is 19.1 Å². The van der Waals surface area contributed by atoms with E-state index in [9.17, 15) is 5.11 Å². The fraction of sp³-hybridized carbons (Fsp3) is 0.222. The number of aromatic hydroxyl groups is 1. The van der Waals surface area contributed by atoms with Crippen molar-refractivity contribution in [3.8, 4) is 5.75 Å². The van der Waals surface area contributed by atoms with Gasteiger partial charge in [-0.3, -0.25) is 0 Å². The highest BCUT2D eigenvalue weighted by Crippen LogP contribution is 2.28. The minimum atomic E-state index is 0.153. The van der Waals surface area contributed by atoms with Gasteiger partial charge in [-0.2, -0.15) is 0 Å². The molecule has 5 nitrogen and oxygen atoms in total. The Balaban J connectivity index is 2.70. The van der Waals surface area contributed by atoms with Crippen molar-refractivity contribution in [1.29, 1.82) is 0 Å². The van der Waals surface area contributed by atoms with Gasteiger partial charge in [0.15, 0.2) is 0 Å². The Kier molecular flexibility index (Phi) is 1.92. The third-order valence-electron chi connectivity index (χ3n) is 1.96. The Hall–Kier alpha value is -1.91. The van der Waals surface area contributed by atoms with Gasteiger partial charge >= 0.3 is 0 Å². The highest BCUT2D eigenvalue weighted by atomic mass is 16.7. The van der Waals surface area contributed by atoms with Crippen LogP contribution in [0.15, 0.2) is 18.3 Å². The van der Waals surface area contributed by atoms with E-state index in [1.54, 1.807) is 6.07 Å². The molecule has 0 saturated heterocycles. The molecule has 0 bridgehead atoms. The predicted molar refractivity (Wildman–Crippen MR) is 52.9 cm³/mol. The van der Waals surface area contributed by atoms with E-state index < -0.39 is 0 Å². The van der Waals surface area contributed by atoms with Crippen molar-refractivity contribution in [2.75, 3.05) is 12.3 Å². The first-order valence-corrected chi connectivity index (χ1v) is 4.32. The zero-order valence-electron chi connectivity index (χ0n) is 7.77. The Bertz CT molecular complexity index is 464. The number of phenolic OH excluding ortho intramolecular Hbond substituents is 1. The second-order valence-corrected chi connectivity index (χ2v) is 2.87. The molecule has 0 spiro atoms. The molecule has 0 atom stereocenters. The lowest BCUT2D eigenvalue weighted by molar-refractivity contribution is 0.103. The van der Waals surface area contributed by atoms with Crippen molar-refractivity contribution in [1.82, 2.24) is 9.94 Å². The normalized spacial score (nSPS) is 10.6. The highest BCUT2D eigenvalue weighted by molar-refractivity contribution is 5.93. The molecule has 0 radical (unpaired) electrons. The zero-order chi connectivity index (χ0) is 10.1. The van der Waals surface area contributed by atoms with E-state index in [1.165, 1.54) is 17.1 Å². The quantitative estimate of drug-likeness (QED) is 0.545. The van der Waals surface area contributed by atoms with Gasteiger partial charge in [-0.15, -0.1) is 5.10 Å². The standard InChI is InChI=1S/C9H11N3O2/c1-2-14-12-9-6(5-11-12)8(13)4-3-7(9)10/h3-5,13H,2,10H2,1H3. The number of aromatic nitrogens is 2. The topological polar surface area (TPSA) is 73.3 Å². The number of fused-ring (bicyclic) bond motifs is 1. The van der Waals surface area contributed by atoms with Crippen LogP contribution in [0.2, 0.25) is 0 Å². The molecule has 0 unspecified atom stereocenters. The fourth-order valence-electron chi connectivity index (χ4n) is 1.34. The molecule has 74 valence electrons. The van der Waals surface area contributed by atoms with E-state index in [2.05, 4.69) is 5.10 Å². The lowest BCUT2D eigenvalue weighted by Crippen LogP contribution is -2.12. The number of phenols is 1. The third-order valence-corrected chi connectivity index (χ3v) is 1.96. The van der Waals surface area contributed by atoms with E-state index in [-0.39, 0.29) is 5.75 Å². The molecule has 2 aromatic rings. The van der Waals surface area contributed by atoms with Crippen molar-refractivity contribution in [3.05, 3.63) is 18.3 Å². The van der Waals surface area contributed by atoms with Crippen LogP contribution in [0.3, 0.4) is 0 Å². The average molecular weight is 193 g/mol. The molecule has 1 aromatic heterocycles. The van der Waals surface area contributed by atoms with Gasteiger partial charge in [0, 0.05) is 0 Å². The van der Waals surface area contributed by atoms with Gasteiger partial charge in [0.2, 0.25) is 0 Å². The lowest BCUT2D eigenvalue weighted by atomic mass is 10.2. The molecule has 2 rings (SSSR count). The molecule has 0 aliphatic rings. The Labute approximate surface area is 80.7 Å². The number of nitrogen functional groups attached to an aromatic ring is 1. The van der Waals surface area contributed by atoms with Crippen LogP contribution in [-0.4, -0.2) is 21.7 Å². The predicted octanol–water partition coefficient (Wildman–Crippen LogP) is 0.773. The molecule has 0 aliphatic carbocycles. The van der Waals surface area contributed by atoms with E-state index in [0.29, 0.717) is 23.2 Å². The van der Waals surface area contributed by atoms with Crippen LogP contribution in [0.1, 0.15) is 6.92 Å². The van der Waals surface area contributed by atoms with Crippen LogP contribution in [0.5, 0.6) is 5.75 Å². The second kappa shape index (κ2) is 3.10. The maximum Gasteiger partial charge on any atom is 0.136 e. The smallest absolute Gasteiger partial charge is 0.136 e. The van der Waals surface area contributed by atoms with E-state index in [1.807, 2.05) is 6.92 Å². The summed E-state index contributed by atoms with van der Waals surface area (Å²) in [6.07, 6.45) is 1.52. The van der Waals surface area contributed by atoms with Gasteiger partial charge in [-0.25, -0.2) is 0 Å². The first kappa shape index (κ1) is 8.68. The van der Waals surface area contributed by atoms with Crippen molar-refractivity contribution >= 4 is 16.6 Å². The molecule has 3 N–H and O–H groups in total. The Morgan fingerprint density at radius 1 is 1.57 bits per heavy atom. The molecular weight excluding hydrogens is 182 g/mol. The number of hydrogen-bond donors (Lipinski definition) is 2. The maximum absolute atomic E-state index is 9.51. The third kappa shape index (κ3) is 1.14. The minimum Gasteiger partial charge on any atom is -0.507 e. The van der Waals surface area contributed by atoms with E-state index in [4.69, 9.17) is 10.6 Å². The molecular formula is C9H11N3O2. The van der Waals surface area contributed by atoms with Gasteiger partial charge in [0.1, 0.15) is 17.9 Å². The summed E-state index contributed by atoms with van der Waals surface area (Å²) in [6, 6.07) is 3.16. The summed E-state index contributed by atoms with van der Waals surface area (Å²) in [7, 11) is 0. The van der Waals surface area contributed by atoms with Crippen LogP contribution < -0.4 is 10.6 Å². The summed E-state index contributed by atoms with van der Waals surface area (Å²) in [5.41, 5.74) is 6.88.